The van der Waals surface area contributed by atoms with Crippen LogP contribution in [-0.4, -0.2) is 35.5 Å². The van der Waals surface area contributed by atoms with Crippen molar-refractivity contribution in [2.75, 3.05) is 19.6 Å². The van der Waals surface area contributed by atoms with Crippen LogP contribution in [-0.2, 0) is 6.42 Å². The molecule has 0 unspecified atom stereocenters. The van der Waals surface area contributed by atoms with Gasteiger partial charge in [-0.3, -0.25) is 4.99 Å². The van der Waals surface area contributed by atoms with Gasteiger partial charge in [0.05, 0.1) is 0 Å². The van der Waals surface area contributed by atoms with Crippen LogP contribution in [0.2, 0.25) is 0 Å². The summed E-state index contributed by atoms with van der Waals surface area (Å²) in [5, 5.41) is 1.29. The van der Waals surface area contributed by atoms with E-state index in [-0.39, 0.29) is 0 Å². The van der Waals surface area contributed by atoms with Crippen molar-refractivity contribution in [2.45, 2.75) is 27.2 Å². The molecular formula is C16H24N4. The van der Waals surface area contributed by atoms with Crippen molar-refractivity contribution in [1.82, 2.24) is 9.88 Å². The van der Waals surface area contributed by atoms with Crippen molar-refractivity contribution in [2.24, 2.45) is 10.7 Å². The normalized spacial score (nSPS) is 12.1. The lowest BCUT2D eigenvalue weighted by molar-refractivity contribution is 0.458. The van der Waals surface area contributed by atoms with Crippen molar-refractivity contribution in [3.05, 3.63) is 35.5 Å². The number of aliphatic imine (C=N–C) groups is 1. The number of aromatic amines is 1. The number of fused-ring (bicyclic) bond motifs is 1. The minimum atomic E-state index is 0.646. The second-order valence-corrected chi connectivity index (χ2v) is 4.94. The molecule has 0 aliphatic rings. The van der Waals surface area contributed by atoms with Gasteiger partial charge in [-0.25, -0.2) is 0 Å². The number of hydrogen-bond acceptors (Lipinski definition) is 1. The van der Waals surface area contributed by atoms with E-state index in [1.54, 1.807) is 0 Å². The fourth-order valence-corrected chi connectivity index (χ4v) is 2.59. The smallest absolute Gasteiger partial charge is 0.191 e. The zero-order valence-electron chi connectivity index (χ0n) is 12.6. The van der Waals surface area contributed by atoms with Gasteiger partial charge < -0.3 is 15.6 Å². The first-order valence-electron chi connectivity index (χ1n) is 7.28. The summed E-state index contributed by atoms with van der Waals surface area (Å²) in [6.45, 7) is 8.83. The Bertz CT molecular complexity index is 594. The predicted molar refractivity (Wildman–Crippen MR) is 86.2 cm³/mol. The van der Waals surface area contributed by atoms with Crippen molar-refractivity contribution in [3.8, 4) is 0 Å². The Labute approximate surface area is 120 Å². The summed E-state index contributed by atoms with van der Waals surface area (Å²) in [4.78, 5) is 9.99. The van der Waals surface area contributed by atoms with E-state index >= 15 is 0 Å². The molecule has 0 atom stereocenters. The van der Waals surface area contributed by atoms with Gasteiger partial charge >= 0.3 is 0 Å². The third-order valence-electron chi connectivity index (χ3n) is 3.75. The average molecular weight is 272 g/mol. The summed E-state index contributed by atoms with van der Waals surface area (Å²) in [5.74, 6) is 0.646. The van der Waals surface area contributed by atoms with E-state index in [4.69, 9.17) is 5.73 Å². The Hall–Kier alpha value is -1.97. The molecular weight excluding hydrogens is 248 g/mol. The molecule has 0 spiro atoms. The maximum absolute atomic E-state index is 6.00. The van der Waals surface area contributed by atoms with Gasteiger partial charge in [0.1, 0.15) is 0 Å². The standard InChI is InChI=1S/C16H24N4/c1-4-20(5-2)16(17)18-11-10-13-12(3)19-15-9-7-6-8-14(13)15/h6-9,19H,4-5,10-11H2,1-3H3,(H2,17,18). The lowest BCUT2D eigenvalue weighted by Gasteiger charge is -2.19. The van der Waals surface area contributed by atoms with Crippen LogP contribution in [0, 0.1) is 6.92 Å². The minimum absolute atomic E-state index is 0.646. The maximum Gasteiger partial charge on any atom is 0.191 e. The van der Waals surface area contributed by atoms with Gasteiger partial charge in [-0.15, -0.1) is 0 Å². The molecule has 3 N–H and O–H groups in total. The number of H-pyrrole nitrogens is 1. The van der Waals surface area contributed by atoms with E-state index in [1.165, 1.54) is 22.2 Å². The molecule has 0 saturated carbocycles. The Balaban J connectivity index is 2.10. The summed E-state index contributed by atoms with van der Waals surface area (Å²) in [6.07, 6.45) is 0.914. The van der Waals surface area contributed by atoms with Crippen molar-refractivity contribution >= 4 is 16.9 Å². The second-order valence-electron chi connectivity index (χ2n) is 4.94. The highest BCUT2D eigenvalue weighted by Gasteiger charge is 2.07. The van der Waals surface area contributed by atoms with E-state index in [1.807, 2.05) is 0 Å². The number of nitrogens with two attached hydrogens (primary N) is 1. The molecule has 1 aromatic heterocycles. The first kappa shape index (κ1) is 14.4. The number of nitrogens with zero attached hydrogens (tertiary/aromatic N) is 2. The first-order chi connectivity index (χ1) is 9.67. The van der Waals surface area contributed by atoms with Gasteiger partial charge in [0.15, 0.2) is 5.96 Å². The third-order valence-corrected chi connectivity index (χ3v) is 3.75. The van der Waals surface area contributed by atoms with E-state index in [2.05, 4.69) is 59.9 Å². The van der Waals surface area contributed by atoms with Crippen LogP contribution < -0.4 is 5.73 Å². The molecule has 2 rings (SSSR count). The van der Waals surface area contributed by atoms with E-state index < -0.39 is 0 Å². The van der Waals surface area contributed by atoms with E-state index in [0.717, 1.165) is 26.1 Å². The molecule has 1 heterocycles. The summed E-state index contributed by atoms with van der Waals surface area (Å²) in [7, 11) is 0. The quantitative estimate of drug-likeness (QED) is 0.649. The highest BCUT2D eigenvalue weighted by atomic mass is 15.2. The summed E-state index contributed by atoms with van der Waals surface area (Å²) in [5.41, 5.74) is 9.76. The zero-order valence-corrected chi connectivity index (χ0v) is 12.6. The Morgan fingerprint density at radius 3 is 2.65 bits per heavy atom. The molecule has 0 fully saturated rings. The molecule has 1 aromatic carbocycles. The summed E-state index contributed by atoms with van der Waals surface area (Å²) < 4.78 is 0. The zero-order chi connectivity index (χ0) is 14.5. The molecule has 4 heteroatoms. The van der Waals surface area contributed by atoms with Gasteiger partial charge in [-0.2, -0.15) is 0 Å². The average Bonchev–Trinajstić information content (AvgIpc) is 2.76. The molecule has 4 nitrogen and oxygen atoms in total. The molecule has 108 valence electrons. The second kappa shape index (κ2) is 6.46. The predicted octanol–water partition coefficient (Wildman–Crippen LogP) is 2.68. The number of para-hydroxylation sites is 1. The topological polar surface area (TPSA) is 57.4 Å². The van der Waals surface area contributed by atoms with Gasteiger partial charge in [-0.1, -0.05) is 18.2 Å². The van der Waals surface area contributed by atoms with Gasteiger partial charge in [0.2, 0.25) is 0 Å². The van der Waals surface area contributed by atoms with Crippen LogP contribution in [0.25, 0.3) is 10.9 Å². The molecule has 0 bridgehead atoms. The number of hydrogen-bond donors (Lipinski definition) is 2. The molecule has 0 amide bonds. The van der Waals surface area contributed by atoms with Crippen LogP contribution in [0.15, 0.2) is 29.3 Å². The largest absolute Gasteiger partial charge is 0.370 e. The number of guanidine groups is 1. The van der Waals surface area contributed by atoms with Crippen LogP contribution in [0.1, 0.15) is 25.1 Å². The van der Waals surface area contributed by atoms with Gasteiger partial charge in [0.25, 0.3) is 0 Å². The SMILES string of the molecule is CCN(CC)C(N)=NCCc1c(C)[nH]c2ccccc12. The number of rotatable bonds is 5. The molecule has 2 aromatic rings. The molecule has 0 saturated heterocycles. The summed E-state index contributed by atoms with van der Waals surface area (Å²) in [6, 6.07) is 8.40. The van der Waals surface area contributed by atoms with Crippen molar-refractivity contribution in [1.29, 1.82) is 0 Å². The lowest BCUT2D eigenvalue weighted by atomic mass is 10.1. The lowest BCUT2D eigenvalue weighted by Crippen LogP contribution is -2.37. The maximum atomic E-state index is 6.00. The Kier molecular flexibility index (Phi) is 4.66. The number of aromatic nitrogens is 1. The van der Waals surface area contributed by atoms with Crippen molar-refractivity contribution < 1.29 is 0 Å². The van der Waals surface area contributed by atoms with E-state index in [9.17, 15) is 0 Å². The highest BCUT2D eigenvalue weighted by Crippen LogP contribution is 2.22. The van der Waals surface area contributed by atoms with Crippen LogP contribution in [0.5, 0.6) is 0 Å². The fraction of sp³-hybridized carbons (Fsp3) is 0.438. The minimum Gasteiger partial charge on any atom is -0.370 e. The molecule has 0 aliphatic carbocycles. The monoisotopic (exact) mass is 272 g/mol. The summed E-state index contributed by atoms with van der Waals surface area (Å²) >= 11 is 0. The fourth-order valence-electron chi connectivity index (χ4n) is 2.59. The number of benzene rings is 1. The van der Waals surface area contributed by atoms with Crippen LogP contribution in [0.4, 0.5) is 0 Å². The van der Waals surface area contributed by atoms with Crippen LogP contribution in [0.3, 0.4) is 0 Å². The highest BCUT2D eigenvalue weighted by molar-refractivity contribution is 5.84. The molecule has 20 heavy (non-hydrogen) atoms. The number of nitrogens with one attached hydrogen (secondary N) is 1. The third kappa shape index (κ3) is 2.95. The van der Waals surface area contributed by atoms with Gasteiger partial charge in [0, 0.05) is 36.2 Å². The van der Waals surface area contributed by atoms with Gasteiger partial charge in [-0.05, 0) is 38.8 Å². The Morgan fingerprint density at radius 1 is 1.25 bits per heavy atom. The van der Waals surface area contributed by atoms with Crippen molar-refractivity contribution in [3.63, 3.8) is 0 Å². The molecule has 0 aliphatic heterocycles. The van der Waals surface area contributed by atoms with E-state index in [0.29, 0.717) is 5.96 Å². The number of aryl methyl sites for hydroxylation is 1. The Morgan fingerprint density at radius 2 is 1.95 bits per heavy atom. The molecule has 0 radical (unpaired) electrons. The first-order valence-corrected chi connectivity index (χ1v) is 7.28. The van der Waals surface area contributed by atoms with Crippen LogP contribution >= 0.6 is 0 Å².